The van der Waals surface area contributed by atoms with Crippen molar-refractivity contribution in [1.29, 1.82) is 0 Å². The zero-order valence-corrected chi connectivity index (χ0v) is 14.0. The van der Waals surface area contributed by atoms with Crippen molar-refractivity contribution in [3.63, 3.8) is 0 Å². The fourth-order valence-electron chi connectivity index (χ4n) is 2.94. The summed E-state index contributed by atoms with van der Waals surface area (Å²) in [4.78, 5) is 18.9. The van der Waals surface area contributed by atoms with Crippen LogP contribution in [0.2, 0.25) is 0 Å². The zero-order valence-electron chi connectivity index (χ0n) is 14.0. The number of benzene rings is 1. The minimum Gasteiger partial charge on any atom is -0.497 e. The minimum atomic E-state index is -1.01. The van der Waals surface area contributed by atoms with Gasteiger partial charge in [0.2, 0.25) is 0 Å². The molecule has 2 heterocycles. The Kier molecular flexibility index (Phi) is 4.25. The number of carboxylic acids is 1. The summed E-state index contributed by atoms with van der Waals surface area (Å²) < 4.78 is 5.29. The topological polar surface area (TPSA) is 75.2 Å². The maximum Gasteiger partial charge on any atom is 0.354 e. The molecule has 0 bridgehead atoms. The van der Waals surface area contributed by atoms with E-state index < -0.39 is 5.97 Å². The van der Waals surface area contributed by atoms with E-state index in [1.54, 1.807) is 13.2 Å². The van der Waals surface area contributed by atoms with E-state index in [1.807, 2.05) is 24.3 Å². The summed E-state index contributed by atoms with van der Waals surface area (Å²) in [5.74, 6) is 0.113. The van der Waals surface area contributed by atoms with E-state index >= 15 is 0 Å². The first-order chi connectivity index (χ1) is 11.5. The predicted molar refractivity (Wildman–Crippen MR) is 92.9 cm³/mol. The van der Waals surface area contributed by atoms with Crippen molar-refractivity contribution in [3.05, 3.63) is 59.0 Å². The lowest BCUT2D eigenvalue weighted by Gasteiger charge is -2.08. The fourth-order valence-corrected chi connectivity index (χ4v) is 2.94. The maximum atomic E-state index is 11.1. The highest BCUT2D eigenvalue weighted by atomic mass is 16.5. The van der Waals surface area contributed by atoms with Crippen molar-refractivity contribution in [2.24, 2.45) is 0 Å². The molecule has 0 amide bonds. The number of aromatic amines is 1. The number of nitrogens with zero attached hydrogens (tertiary/aromatic N) is 1. The average Bonchev–Trinajstić information content (AvgIpc) is 2.93. The Bertz CT molecular complexity index is 897. The van der Waals surface area contributed by atoms with Crippen LogP contribution < -0.4 is 4.74 Å². The number of hydrogen-bond donors (Lipinski definition) is 2. The van der Waals surface area contributed by atoms with E-state index in [0.29, 0.717) is 12.3 Å². The molecule has 0 fully saturated rings. The molecule has 0 spiro atoms. The SMILES string of the molecule is COc1ccc2c(Cc3cccc(C(=O)O)n3)c(C(C)C)[nH]c2c1. The number of methoxy groups -OCH3 is 1. The number of carboxylic acid groups (broad SMARTS) is 1. The molecule has 0 aliphatic heterocycles. The highest BCUT2D eigenvalue weighted by Crippen LogP contribution is 2.31. The fraction of sp³-hybridized carbons (Fsp3) is 0.263. The van der Waals surface area contributed by atoms with E-state index in [4.69, 9.17) is 9.84 Å². The van der Waals surface area contributed by atoms with Gasteiger partial charge in [0.1, 0.15) is 11.4 Å². The lowest BCUT2D eigenvalue weighted by atomic mass is 9.99. The van der Waals surface area contributed by atoms with Gasteiger partial charge in [-0.25, -0.2) is 9.78 Å². The molecular weight excluding hydrogens is 304 g/mol. The van der Waals surface area contributed by atoms with Gasteiger partial charge in [0, 0.05) is 34.8 Å². The molecule has 0 saturated heterocycles. The molecule has 5 heteroatoms. The predicted octanol–water partition coefficient (Wildman–Crippen LogP) is 3.98. The summed E-state index contributed by atoms with van der Waals surface area (Å²) in [5, 5.41) is 10.2. The van der Waals surface area contributed by atoms with Gasteiger partial charge in [-0.3, -0.25) is 0 Å². The summed E-state index contributed by atoms with van der Waals surface area (Å²) in [6.45, 7) is 4.26. The summed E-state index contributed by atoms with van der Waals surface area (Å²) in [6, 6.07) is 11.1. The van der Waals surface area contributed by atoms with Crippen molar-refractivity contribution < 1.29 is 14.6 Å². The number of pyridine rings is 1. The zero-order chi connectivity index (χ0) is 17.3. The average molecular weight is 324 g/mol. The lowest BCUT2D eigenvalue weighted by molar-refractivity contribution is 0.0690. The Morgan fingerprint density at radius 1 is 1.29 bits per heavy atom. The van der Waals surface area contributed by atoms with E-state index in [9.17, 15) is 4.79 Å². The Morgan fingerprint density at radius 3 is 2.75 bits per heavy atom. The normalized spacial score (nSPS) is 11.2. The summed E-state index contributed by atoms with van der Waals surface area (Å²) in [6.07, 6.45) is 0.584. The highest BCUT2D eigenvalue weighted by Gasteiger charge is 2.16. The van der Waals surface area contributed by atoms with Crippen molar-refractivity contribution >= 4 is 16.9 Å². The molecule has 0 saturated carbocycles. The number of aromatic carboxylic acids is 1. The van der Waals surface area contributed by atoms with E-state index in [2.05, 4.69) is 23.8 Å². The van der Waals surface area contributed by atoms with E-state index in [-0.39, 0.29) is 5.69 Å². The Morgan fingerprint density at radius 2 is 2.08 bits per heavy atom. The first kappa shape index (κ1) is 16.1. The molecule has 2 N–H and O–H groups in total. The van der Waals surface area contributed by atoms with Crippen LogP contribution in [0.3, 0.4) is 0 Å². The molecule has 0 aliphatic carbocycles. The van der Waals surface area contributed by atoms with Gasteiger partial charge in [-0.1, -0.05) is 19.9 Å². The van der Waals surface area contributed by atoms with E-state index in [1.165, 1.54) is 6.07 Å². The first-order valence-electron chi connectivity index (χ1n) is 7.87. The molecule has 3 rings (SSSR count). The maximum absolute atomic E-state index is 11.1. The number of hydrogen-bond acceptors (Lipinski definition) is 3. The van der Waals surface area contributed by atoms with Crippen LogP contribution in [0.4, 0.5) is 0 Å². The van der Waals surface area contributed by atoms with Gasteiger partial charge >= 0.3 is 5.97 Å². The van der Waals surface area contributed by atoms with Crippen molar-refractivity contribution in [3.8, 4) is 5.75 Å². The minimum absolute atomic E-state index is 0.0695. The highest BCUT2D eigenvalue weighted by molar-refractivity contribution is 5.87. The summed E-state index contributed by atoms with van der Waals surface area (Å²) in [7, 11) is 1.65. The molecule has 3 aromatic rings. The number of aromatic nitrogens is 2. The number of fused-ring (bicyclic) bond motifs is 1. The van der Waals surface area contributed by atoms with Crippen LogP contribution >= 0.6 is 0 Å². The smallest absolute Gasteiger partial charge is 0.354 e. The second-order valence-corrected chi connectivity index (χ2v) is 6.08. The number of rotatable bonds is 5. The molecule has 0 aliphatic rings. The Balaban J connectivity index is 2.09. The Hall–Kier alpha value is -2.82. The van der Waals surface area contributed by atoms with E-state index in [0.717, 1.165) is 33.6 Å². The standard InChI is InChI=1S/C19H20N2O3/c1-11(2)18-15(9-12-5-4-6-16(20-12)19(22)23)14-8-7-13(24-3)10-17(14)21-18/h4-8,10-11,21H,9H2,1-3H3,(H,22,23). The molecule has 2 aromatic heterocycles. The van der Waals surface area contributed by atoms with Crippen molar-refractivity contribution in [1.82, 2.24) is 9.97 Å². The largest absolute Gasteiger partial charge is 0.497 e. The monoisotopic (exact) mass is 324 g/mol. The van der Waals surface area contributed by atoms with Gasteiger partial charge in [0.15, 0.2) is 0 Å². The molecule has 0 unspecified atom stereocenters. The quantitative estimate of drug-likeness (QED) is 0.744. The van der Waals surface area contributed by atoms with Crippen LogP contribution in [-0.4, -0.2) is 28.2 Å². The van der Waals surface area contributed by atoms with Gasteiger partial charge < -0.3 is 14.8 Å². The first-order valence-corrected chi connectivity index (χ1v) is 7.87. The number of ether oxygens (including phenoxy) is 1. The Labute approximate surface area is 140 Å². The molecule has 124 valence electrons. The van der Waals surface area contributed by atoms with Crippen LogP contribution in [0.15, 0.2) is 36.4 Å². The summed E-state index contributed by atoms with van der Waals surface area (Å²) >= 11 is 0. The van der Waals surface area contributed by atoms with Crippen LogP contribution in [-0.2, 0) is 6.42 Å². The molecule has 0 radical (unpaired) electrons. The third-order valence-electron chi connectivity index (χ3n) is 4.11. The third-order valence-corrected chi connectivity index (χ3v) is 4.11. The van der Waals surface area contributed by atoms with Crippen LogP contribution in [0.5, 0.6) is 5.75 Å². The molecule has 24 heavy (non-hydrogen) atoms. The lowest BCUT2D eigenvalue weighted by Crippen LogP contribution is -2.04. The molecule has 0 atom stereocenters. The number of carbonyl (C=O) groups is 1. The van der Waals surface area contributed by atoms with Gasteiger partial charge in [0.25, 0.3) is 0 Å². The van der Waals surface area contributed by atoms with Crippen LogP contribution in [0.25, 0.3) is 10.9 Å². The van der Waals surface area contributed by atoms with Crippen molar-refractivity contribution in [2.45, 2.75) is 26.2 Å². The molecular formula is C19H20N2O3. The second kappa shape index (κ2) is 6.35. The third kappa shape index (κ3) is 2.97. The molecule has 5 nitrogen and oxygen atoms in total. The van der Waals surface area contributed by atoms with Gasteiger partial charge in [0.05, 0.1) is 7.11 Å². The number of nitrogens with one attached hydrogen (secondary N) is 1. The van der Waals surface area contributed by atoms with Crippen LogP contribution in [0.1, 0.15) is 47.2 Å². The second-order valence-electron chi connectivity index (χ2n) is 6.08. The van der Waals surface area contributed by atoms with Gasteiger partial charge in [-0.15, -0.1) is 0 Å². The molecule has 1 aromatic carbocycles. The number of H-pyrrole nitrogens is 1. The summed E-state index contributed by atoms with van der Waals surface area (Å²) in [5.41, 5.74) is 4.12. The van der Waals surface area contributed by atoms with Crippen molar-refractivity contribution in [2.75, 3.05) is 7.11 Å². The van der Waals surface area contributed by atoms with Gasteiger partial charge in [-0.2, -0.15) is 0 Å². The van der Waals surface area contributed by atoms with Gasteiger partial charge in [-0.05, 0) is 35.7 Å². The van der Waals surface area contributed by atoms with Crippen LogP contribution in [0, 0.1) is 0 Å².